The van der Waals surface area contributed by atoms with Gasteiger partial charge in [0, 0.05) is 5.69 Å². The topological polar surface area (TPSA) is 43.8 Å². The third-order valence-corrected chi connectivity index (χ3v) is 3.87. The molecule has 0 spiro atoms. The number of hydrogen-bond acceptors (Lipinski definition) is 2. The molecule has 18 heavy (non-hydrogen) atoms. The molecule has 1 aliphatic carbocycles. The number of rotatable bonds is 2. The molecule has 3 rings (SSSR count). The van der Waals surface area contributed by atoms with Gasteiger partial charge in [-0.3, -0.25) is 0 Å². The second-order valence-electron chi connectivity index (χ2n) is 5.21. The number of aryl methyl sites for hydroxylation is 1. The van der Waals surface area contributed by atoms with Gasteiger partial charge >= 0.3 is 0 Å². The van der Waals surface area contributed by atoms with E-state index in [1.54, 1.807) is 0 Å². The van der Waals surface area contributed by atoms with E-state index in [2.05, 4.69) is 41.0 Å². The van der Waals surface area contributed by atoms with Crippen LogP contribution in [0.5, 0.6) is 0 Å². The molecule has 1 aliphatic rings. The van der Waals surface area contributed by atoms with Crippen molar-refractivity contribution in [2.24, 2.45) is 11.7 Å². The van der Waals surface area contributed by atoms with Crippen molar-refractivity contribution in [3.63, 3.8) is 0 Å². The Morgan fingerprint density at radius 2 is 2.11 bits per heavy atom. The summed E-state index contributed by atoms with van der Waals surface area (Å²) in [4.78, 5) is 0. The van der Waals surface area contributed by atoms with Gasteiger partial charge in [0.15, 0.2) is 0 Å². The fourth-order valence-electron chi connectivity index (χ4n) is 2.71. The van der Waals surface area contributed by atoms with Gasteiger partial charge in [0.2, 0.25) is 0 Å². The smallest absolute Gasteiger partial charge is 0.0649 e. The van der Waals surface area contributed by atoms with E-state index in [0.717, 1.165) is 25.1 Å². The first kappa shape index (κ1) is 11.5. The average molecular weight is 241 g/mol. The largest absolute Gasteiger partial charge is 0.330 e. The molecule has 3 heteroatoms. The van der Waals surface area contributed by atoms with E-state index < -0.39 is 0 Å². The fraction of sp³-hybridized carbons (Fsp3) is 0.400. The van der Waals surface area contributed by atoms with Crippen molar-refractivity contribution in [2.75, 3.05) is 6.54 Å². The van der Waals surface area contributed by atoms with E-state index in [4.69, 9.17) is 5.73 Å². The lowest BCUT2D eigenvalue weighted by molar-refractivity contribution is 0.462. The van der Waals surface area contributed by atoms with Gasteiger partial charge in [0.1, 0.15) is 0 Å². The van der Waals surface area contributed by atoms with Crippen LogP contribution in [0.1, 0.15) is 23.2 Å². The van der Waals surface area contributed by atoms with Crippen molar-refractivity contribution in [2.45, 2.75) is 26.2 Å². The van der Waals surface area contributed by atoms with Crippen molar-refractivity contribution >= 4 is 0 Å². The number of fused-ring (bicyclic) bond motifs is 1. The quantitative estimate of drug-likeness (QED) is 0.876. The van der Waals surface area contributed by atoms with Gasteiger partial charge in [-0.25, -0.2) is 4.68 Å². The molecular formula is C15H19N3. The Morgan fingerprint density at radius 1 is 1.33 bits per heavy atom. The zero-order valence-corrected chi connectivity index (χ0v) is 10.8. The van der Waals surface area contributed by atoms with E-state index in [9.17, 15) is 0 Å². The number of nitrogens with two attached hydrogens (primary N) is 1. The highest BCUT2D eigenvalue weighted by molar-refractivity contribution is 5.37. The molecular weight excluding hydrogens is 222 g/mol. The normalized spacial score (nSPS) is 18.7. The Balaban J connectivity index is 1.96. The molecule has 1 atom stereocenters. The molecule has 0 radical (unpaired) electrons. The summed E-state index contributed by atoms with van der Waals surface area (Å²) >= 11 is 0. The number of aromatic nitrogens is 2. The second kappa shape index (κ2) is 4.58. The van der Waals surface area contributed by atoms with Crippen molar-refractivity contribution in [1.82, 2.24) is 9.78 Å². The van der Waals surface area contributed by atoms with E-state index in [1.807, 2.05) is 6.20 Å². The third-order valence-electron chi connectivity index (χ3n) is 3.87. The predicted octanol–water partition coefficient (Wildman–Crippen LogP) is 2.24. The highest BCUT2D eigenvalue weighted by atomic mass is 15.3. The highest BCUT2D eigenvalue weighted by Gasteiger charge is 2.21. The van der Waals surface area contributed by atoms with Gasteiger partial charge in [-0.2, -0.15) is 5.10 Å². The Hall–Kier alpha value is -1.61. The third kappa shape index (κ3) is 1.95. The summed E-state index contributed by atoms with van der Waals surface area (Å²) in [7, 11) is 0. The average Bonchev–Trinajstić information content (AvgIpc) is 2.82. The minimum atomic E-state index is 0.633. The molecule has 1 heterocycles. The molecule has 1 aromatic heterocycles. The molecule has 3 nitrogen and oxygen atoms in total. The Kier molecular flexibility index (Phi) is 2.92. The maximum Gasteiger partial charge on any atom is 0.0649 e. The van der Waals surface area contributed by atoms with Gasteiger partial charge in [-0.05, 0) is 56.3 Å². The van der Waals surface area contributed by atoms with E-state index >= 15 is 0 Å². The maximum atomic E-state index is 5.77. The Morgan fingerprint density at radius 3 is 2.83 bits per heavy atom. The van der Waals surface area contributed by atoms with Crippen molar-refractivity contribution < 1.29 is 0 Å². The monoisotopic (exact) mass is 241 g/mol. The van der Waals surface area contributed by atoms with Crippen LogP contribution in [0, 0.1) is 12.8 Å². The summed E-state index contributed by atoms with van der Waals surface area (Å²) in [5.74, 6) is 0.633. The Bertz CT molecular complexity index is 539. The molecule has 1 unspecified atom stereocenters. The fourth-order valence-corrected chi connectivity index (χ4v) is 2.71. The van der Waals surface area contributed by atoms with Crippen LogP contribution in [0.4, 0.5) is 0 Å². The lowest BCUT2D eigenvalue weighted by atomic mass is 9.88. The predicted molar refractivity (Wildman–Crippen MR) is 72.9 cm³/mol. The first-order valence-corrected chi connectivity index (χ1v) is 6.61. The summed E-state index contributed by atoms with van der Waals surface area (Å²) in [6, 6.07) is 8.54. The molecule has 0 aliphatic heterocycles. The van der Waals surface area contributed by atoms with Crippen molar-refractivity contribution in [3.8, 4) is 5.69 Å². The minimum absolute atomic E-state index is 0.633. The summed E-state index contributed by atoms with van der Waals surface area (Å²) in [5.41, 5.74) is 10.9. The van der Waals surface area contributed by atoms with Gasteiger partial charge in [0.25, 0.3) is 0 Å². The van der Waals surface area contributed by atoms with Crippen LogP contribution >= 0.6 is 0 Å². The Labute approximate surface area is 108 Å². The van der Waals surface area contributed by atoms with E-state index in [0.29, 0.717) is 5.92 Å². The lowest BCUT2D eigenvalue weighted by Crippen LogP contribution is -2.22. The van der Waals surface area contributed by atoms with Crippen LogP contribution in [0.3, 0.4) is 0 Å². The first-order valence-electron chi connectivity index (χ1n) is 6.61. The van der Waals surface area contributed by atoms with Crippen LogP contribution in [-0.2, 0) is 12.8 Å². The summed E-state index contributed by atoms with van der Waals surface area (Å²) < 4.78 is 2.08. The number of benzene rings is 1. The molecule has 0 saturated heterocycles. The van der Waals surface area contributed by atoms with E-state index in [-0.39, 0.29) is 0 Å². The van der Waals surface area contributed by atoms with Crippen molar-refractivity contribution in [3.05, 3.63) is 47.3 Å². The molecule has 0 amide bonds. The van der Waals surface area contributed by atoms with Crippen molar-refractivity contribution in [1.29, 1.82) is 0 Å². The van der Waals surface area contributed by atoms with Crippen LogP contribution in [0.15, 0.2) is 30.5 Å². The lowest BCUT2D eigenvalue weighted by Gasteiger charge is -2.21. The van der Waals surface area contributed by atoms with E-state index in [1.165, 1.54) is 23.2 Å². The molecule has 94 valence electrons. The maximum absolute atomic E-state index is 5.77. The zero-order chi connectivity index (χ0) is 12.5. The molecule has 0 saturated carbocycles. The van der Waals surface area contributed by atoms with Gasteiger partial charge < -0.3 is 5.73 Å². The van der Waals surface area contributed by atoms with Gasteiger partial charge in [-0.1, -0.05) is 17.7 Å². The standard InChI is InChI=1S/C15H19N3/c1-11-2-5-14(6-3-11)18-15-7-4-12(9-16)8-13(15)10-17-18/h2-3,5-6,10,12H,4,7-9,16H2,1H3. The first-order chi connectivity index (χ1) is 8.78. The minimum Gasteiger partial charge on any atom is -0.330 e. The number of nitrogens with zero attached hydrogens (tertiary/aromatic N) is 2. The molecule has 0 bridgehead atoms. The van der Waals surface area contributed by atoms with Crippen LogP contribution < -0.4 is 5.73 Å². The van der Waals surface area contributed by atoms with Crippen LogP contribution in [0.2, 0.25) is 0 Å². The molecule has 2 N–H and O–H groups in total. The summed E-state index contributed by atoms with van der Waals surface area (Å²) in [6.45, 7) is 2.89. The van der Waals surface area contributed by atoms with Crippen LogP contribution in [0.25, 0.3) is 5.69 Å². The molecule has 0 fully saturated rings. The summed E-state index contributed by atoms with van der Waals surface area (Å²) in [5, 5.41) is 4.54. The zero-order valence-electron chi connectivity index (χ0n) is 10.8. The molecule has 1 aromatic carbocycles. The molecule has 2 aromatic rings. The highest BCUT2D eigenvalue weighted by Crippen LogP contribution is 2.26. The van der Waals surface area contributed by atoms with Crippen LogP contribution in [-0.4, -0.2) is 16.3 Å². The number of hydrogen-bond donors (Lipinski definition) is 1. The van der Waals surface area contributed by atoms with Gasteiger partial charge in [0.05, 0.1) is 11.9 Å². The SMILES string of the molecule is Cc1ccc(-n2ncc3c2CCC(CN)C3)cc1. The summed E-state index contributed by atoms with van der Waals surface area (Å²) in [6.07, 6.45) is 5.36. The second-order valence-corrected chi connectivity index (χ2v) is 5.21. The van der Waals surface area contributed by atoms with Gasteiger partial charge in [-0.15, -0.1) is 0 Å².